The van der Waals surface area contributed by atoms with Crippen molar-refractivity contribution in [3.8, 4) is 0 Å². The van der Waals surface area contributed by atoms with Gasteiger partial charge in [-0.1, -0.05) is 53.2 Å². The highest BCUT2D eigenvalue weighted by atomic mass is 16.7. The number of rotatable bonds is 10. The molecule has 0 aromatic heterocycles. The van der Waals surface area contributed by atoms with E-state index in [2.05, 4.69) is 47.6 Å². The lowest BCUT2D eigenvalue weighted by Gasteiger charge is -2.64. The van der Waals surface area contributed by atoms with Gasteiger partial charge < -0.3 is 64.9 Å². The molecule has 312 valence electrons. The van der Waals surface area contributed by atoms with Crippen molar-refractivity contribution in [3.05, 3.63) is 11.6 Å². The molecule has 6 rings (SSSR count). The predicted molar refractivity (Wildman–Crippen MR) is 196 cm³/mol. The van der Waals surface area contributed by atoms with E-state index in [1.54, 1.807) is 13.8 Å². The molecule has 0 spiro atoms. The van der Waals surface area contributed by atoms with Gasteiger partial charge in [-0.3, -0.25) is 0 Å². The maximum absolute atomic E-state index is 12.0. The van der Waals surface area contributed by atoms with E-state index in [0.29, 0.717) is 31.1 Å². The van der Waals surface area contributed by atoms with E-state index in [1.807, 2.05) is 0 Å². The van der Waals surface area contributed by atoms with Crippen LogP contribution in [0.2, 0.25) is 0 Å². The summed E-state index contributed by atoms with van der Waals surface area (Å²) in [6.07, 6.45) is -4.78. The molecule has 0 bridgehead atoms. The van der Waals surface area contributed by atoms with Crippen LogP contribution in [0.15, 0.2) is 11.6 Å². The molecule has 13 heteroatoms. The fourth-order valence-electron chi connectivity index (χ4n) is 12.6. The molecule has 19 atom stereocenters. The third-order valence-electron chi connectivity index (χ3n) is 16.0. The van der Waals surface area contributed by atoms with Crippen molar-refractivity contribution in [3.63, 3.8) is 0 Å². The molecule has 54 heavy (non-hydrogen) atoms. The third-order valence-corrected chi connectivity index (χ3v) is 16.0. The minimum absolute atomic E-state index is 0.0167. The van der Waals surface area contributed by atoms with Crippen molar-refractivity contribution < 1.29 is 64.9 Å². The van der Waals surface area contributed by atoms with Gasteiger partial charge in [0.05, 0.1) is 37.1 Å². The summed E-state index contributed by atoms with van der Waals surface area (Å²) in [5, 5.41) is 94.8. The van der Waals surface area contributed by atoms with Gasteiger partial charge in [-0.15, -0.1) is 0 Å². The quantitative estimate of drug-likeness (QED) is 0.114. The van der Waals surface area contributed by atoms with Gasteiger partial charge in [-0.2, -0.15) is 0 Å². The summed E-state index contributed by atoms with van der Waals surface area (Å²) >= 11 is 0. The van der Waals surface area contributed by atoms with Gasteiger partial charge in [-0.05, 0) is 111 Å². The molecular weight excluding hydrogens is 700 g/mol. The molecule has 5 fully saturated rings. The Morgan fingerprint density at radius 1 is 0.833 bits per heavy atom. The molecule has 0 amide bonds. The molecule has 0 aromatic carbocycles. The van der Waals surface area contributed by atoms with Crippen LogP contribution in [0.3, 0.4) is 0 Å². The van der Waals surface area contributed by atoms with Gasteiger partial charge in [-0.25, -0.2) is 0 Å². The summed E-state index contributed by atoms with van der Waals surface area (Å²) in [4.78, 5) is 0. The average molecular weight is 771 g/mol. The van der Waals surface area contributed by atoms with E-state index in [1.165, 1.54) is 5.57 Å². The molecule has 6 aliphatic rings. The Labute approximate surface area is 320 Å². The van der Waals surface area contributed by atoms with Crippen LogP contribution >= 0.6 is 0 Å². The number of ether oxygens (including phenoxy) is 4. The Hall–Kier alpha value is -0.780. The van der Waals surface area contributed by atoms with E-state index in [9.17, 15) is 46.0 Å². The molecule has 4 aliphatic carbocycles. The fraction of sp³-hybridized carbons (Fsp3) is 0.951. The second-order valence-electron chi connectivity index (χ2n) is 19.9. The zero-order valence-electron chi connectivity index (χ0n) is 33.5. The molecule has 2 saturated heterocycles. The molecule has 2 heterocycles. The Morgan fingerprint density at radius 3 is 2.15 bits per heavy atom. The number of aliphatic hydroxyl groups is 9. The normalized spacial score (nSPS) is 50.4. The Balaban J connectivity index is 1.17. The van der Waals surface area contributed by atoms with E-state index < -0.39 is 79.7 Å². The van der Waals surface area contributed by atoms with Gasteiger partial charge in [0.25, 0.3) is 0 Å². The molecular formula is C41H70O13. The summed E-state index contributed by atoms with van der Waals surface area (Å²) in [6, 6.07) is 0. The lowest BCUT2D eigenvalue weighted by Crippen LogP contribution is -2.60. The van der Waals surface area contributed by atoms with Gasteiger partial charge in [0.1, 0.15) is 42.7 Å². The van der Waals surface area contributed by atoms with Crippen molar-refractivity contribution in [1.82, 2.24) is 0 Å². The molecule has 13 nitrogen and oxygen atoms in total. The van der Waals surface area contributed by atoms with Crippen LogP contribution in [-0.2, 0) is 18.9 Å². The van der Waals surface area contributed by atoms with Crippen LogP contribution in [0, 0.1) is 45.3 Å². The fourth-order valence-corrected chi connectivity index (χ4v) is 12.6. The minimum Gasteiger partial charge on any atom is -0.394 e. The first kappa shape index (κ1) is 42.8. The first-order chi connectivity index (χ1) is 25.0. The second kappa shape index (κ2) is 15.1. The first-order valence-corrected chi connectivity index (χ1v) is 20.4. The van der Waals surface area contributed by atoms with E-state index in [-0.39, 0.29) is 46.2 Å². The topological polar surface area (TPSA) is 219 Å². The average Bonchev–Trinajstić information content (AvgIpc) is 3.31. The van der Waals surface area contributed by atoms with Crippen LogP contribution in [0.5, 0.6) is 0 Å². The van der Waals surface area contributed by atoms with Gasteiger partial charge in [0.15, 0.2) is 12.6 Å². The van der Waals surface area contributed by atoms with E-state index in [0.717, 1.165) is 32.1 Å². The smallest absolute Gasteiger partial charge is 0.187 e. The number of hydrogen-bond donors (Lipinski definition) is 9. The van der Waals surface area contributed by atoms with E-state index >= 15 is 0 Å². The zero-order chi connectivity index (χ0) is 39.9. The highest BCUT2D eigenvalue weighted by Crippen LogP contribution is 2.73. The Morgan fingerprint density at radius 2 is 1.50 bits per heavy atom. The molecule has 0 radical (unpaired) electrons. The van der Waals surface area contributed by atoms with Crippen LogP contribution in [-0.4, -0.2) is 138 Å². The summed E-state index contributed by atoms with van der Waals surface area (Å²) in [7, 11) is 0. The van der Waals surface area contributed by atoms with Gasteiger partial charge in [0, 0.05) is 0 Å². The number of hydrogen-bond acceptors (Lipinski definition) is 13. The number of allylic oxidation sites excluding steroid dienone is 2. The SMILES string of the molecule is CC(CCC(OC1OC(CO)C(O)C(O)C1O)C(C)(C)O)C1C(O)CC2(C)C3CCC4C(C)(CCC(OC5OCC(O)C(O)C5O)C4(C)C)C3=CCC12C. The summed E-state index contributed by atoms with van der Waals surface area (Å²) in [5.74, 6) is 0.646. The molecule has 0 aromatic rings. The molecule has 9 N–H and O–H groups in total. The monoisotopic (exact) mass is 770 g/mol. The highest BCUT2D eigenvalue weighted by molar-refractivity contribution is 5.33. The summed E-state index contributed by atoms with van der Waals surface area (Å²) in [6.45, 7) is 16.3. The number of fused-ring (bicyclic) bond motifs is 5. The van der Waals surface area contributed by atoms with Gasteiger partial charge in [0.2, 0.25) is 0 Å². The molecule has 3 saturated carbocycles. The predicted octanol–water partition coefficient (Wildman–Crippen LogP) is 1.76. The first-order valence-electron chi connectivity index (χ1n) is 20.4. The van der Waals surface area contributed by atoms with Crippen LogP contribution in [0.25, 0.3) is 0 Å². The van der Waals surface area contributed by atoms with Crippen molar-refractivity contribution in [1.29, 1.82) is 0 Å². The lowest BCUT2D eigenvalue weighted by atomic mass is 9.41. The molecule has 19 unspecified atom stereocenters. The largest absolute Gasteiger partial charge is 0.394 e. The summed E-state index contributed by atoms with van der Waals surface area (Å²) in [5.41, 5.74) is -0.526. The van der Waals surface area contributed by atoms with Crippen molar-refractivity contribution >= 4 is 0 Å². The lowest BCUT2D eigenvalue weighted by molar-refractivity contribution is -0.322. The van der Waals surface area contributed by atoms with Crippen molar-refractivity contribution in [2.45, 2.75) is 186 Å². The maximum atomic E-state index is 12.0. The standard InChI is InChI=1S/C41H70O13/c1-20(9-12-28(38(4,5)50)54-36-34(49)32(47)31(46)25(18-42)52-36)29-23(43)17-41(8)22-10-11-26-37(2,3)27(53-35-33(48)30(45)24(44)19-51-35)14-15-39(26,6)21(22)13-16-40(29,41)7/h13,20,22-36,42-50H,9-12,14-19H2,1-8H3. The van der Waals surface area contributed by atoms with Crippen LogP contribution < -0.4 is 0 Å². The Bertz CT molecular complexity index is 1350. The van der Waals surface area contributed by atoms with Crippen molar-refractivity contribution in [2.24, 2.45) is 45.3 Å². The summed E-state index contributed by atoms with van der Waals surface area (Å²) < 4.78 is 23.8. The number of aliphatic hydroxyl groups excluding tert-OH is 8. The van der Waals surface area contributed by atoms with Crippen LogP contribution in [0.1, 0.15) is 107 Å². The molecule has 2 aliphatic heterocycles. The highest BCUT2D eigenvalue weighted by Gasteiger charge is 2.67. The van der Waals surface area contributed by atoms with E-state index in [4.69, 9.17) is 18.9 Å². The van der Waals surface area contributed by atoms with Crippen molar-refractivity contribution in [2.75, 3.05) is 13.2 Å². The van der Waals surface area contributed by atoms with Crippen LogP contribution in [0.4, 0.5) is 0 Å². The minimum atomic E-state index is -1.58. The Kier molecular flexibility index (Phi) is 12.0. The second-order valence-corrected chi connectivity index (χ2v) is 19.9. The third kappa shape index (κ3) is 6.96. The maximum Gasteiger partial charge on any atom is 0.187 e. The van der Waals surface area contributed by atoms with Gasteiger partial charge >= 0.3 is 0 Å². The zero-order valence-corrected chi connectivity index (χ0v) is 33.5.